The minimum atomic E-state index is 0.0471. The van der Waals surface area contributed by atoms with Crippen molar-refractivity contribution in [2.24, 2.45) is 7.05 Å². The van der Waals surface area contributed by atoms with Gasteiger partial charge in [0.1, 0.15) is 5.69 Å². The lowest BCUT2D eigenvalue weighted by Gasteiger charge is -2.25. The van der Waals surface area contributed by atoms with Gasteiger partial charge in [0.25, 0.3) is 5.91 Å². The van der Waals surface area contributed by atoms with Crippen LogP contribution in [0.3, 0.4) is 0 Å². The van der Waals surface area contributed by atoms with E-state index in [1.165, 1.54) is 11.1 Å². The van der Waals surface area contributed by atoms with Gasteiger partial charge in [-0.3, -0.25) is 9.48 Å². The lowest BCUT2D eigenvalue weighted by Crippen LogP contribution is -2.32. The van der Waals surface area contributed by atoms with Gasteiger partial charge < -0.3 is 4.90 Å². The normalized spacial score (nSPS) is 18.2. The number of aromatic nitrogens is 2. The van der Waals surface area contributed by atoms with Gasteiger partial charge in [0, 0.05) is 13.6 Å². The third kappa shape index (κ3) is 2.62. The van der Waals surface area contributed by atoms with Gasteiger partial charge in [-0.25, -0.2) is 0 Å². The molecule has 1 atom stereocenters. The Hall–Kier alpha value is -1.62. The van der Waals surface area contributed by atoms with Crippen LogP contribution >= 0.6 is 15.9 Å². The summed E-state index contributed by atoms with van der Waals surface area (Å²) in [4.78, 5) is 14.8. The molecule has 2 heterocycles. The van der Waals surface area contributed by atoms with Crippen molar-refractivity contribution in [1.82, 2.24) is 14.7 Å². The molecule has 1 aliphatic rings. The quantitative estimate of drug-likeness (QED) is 0.834. The fourth-order valence-electron chi connectivity index (χ4n) is 3.02. The molecule has 1 aliphatic heterocycles. The van der Waals surface area contributed by atoms with E-state index in [-0.39, 0.29) is 11.9 Å². The van der Waals surface area contributed by atoms with Gasteiger partial charge in [0.2, 0.25) is 0 Å². The minimum Gasteiger partial charge on any atom is -0.330 e. The Balaban J connectivity index is 1.93. The van der Waals surface area contributed by atoms with Crippen LogP contribution in [0.2, 0.25) is 0 Å². The number of hydrogen-bond acceptors (Lipinski definition) is 2. The maximum atomic E-state index is 12.9. The van der Waals surface area contributed by atoms with Gasteiger partial charge in [-0.05, 0) is 41.3 Å². The molecule has 1 aromatic heterocycles. The number of carbonyl (C=O) groups is 1. The highest BCUT2D eigenvalue weighted by Gasteiger charge is 2.32. The molecule has 110 valence electrons. The molecule has 0 N–H and O–H groups in total. The zero-order chi connectivity index (χ0) is 15.0. The van der Waals surface area contributed by atoms with E-state index in [4.69, 9.17) is 0 Å². The SMILES string of the molecule is Cc1cccc([C@H]2CCCN2C(=O)c2c(Br)cnn2C)c1. The van der Waals surface area contributed by atoms with E-state index >= 15 is 0 Å². The summed E-state index contributed by atoms with van der Waals surface area (Å²) in [5.41, 5.74) is 3.07. The Labute approximate surface area is 132 Å². The highest BCUT2D eigenvalue weighted by atomic mass is 79.9. The molecule has 1 fully saturated rings. The summed E-state index contributed by atoms with van der Waals surface area (Å²) in [5, 5.41) is 4.14. The summed E-state index contributed by atoms with van der Waals surface area (Å²) in [5.74, 6) is 0.0471. The van der Waals surface area contributed by atoms with Crippen LogP contribution in [0.1, 0.15) is 40.5 Å². The Morgan fingerprint density at radius 3 is 2.90 bits per heavy atom. The Kier molecular flexibility index (Phi) is 3.85. The Bertz CT molecular complexity index is 660. The molecule has 0 unspecified atom stereocenters. The fourth-order valence-corrected chi connectivity index (χ4v) is 3.54. The van der Waals surface area contributed by atoms with Crippen LogP contribution in [0.15, 0.2) is 34.9 Å². The number of amides is 1. The van der Waals surface area contributed by atoms with Gasteiger partial charge >= 0.3 is 0 Å². The molecule has 21 heavy (non-hydrogen) atoms. The van der Waals surface area contributed by atoms with Gasteiger partial charge in [0.05, 0.1) is 16.7 Å². The van der Waals surface area contributed by atoms with E-state index in [0.29, 0.717) is 5.69 Å². The van der Waals surface area contributed by atoms with Gasteiger partial charge in [-0.15, -0.1) is 0 Å². The second-order valence-electron chi connectivity index (χ2n) is 5.54. The molecule has 0 saturated carbocycles. The van der Waals surface area contributed by atoms with Crippen LogP contribution in [0.5, 0.6) is 0 Å². The van der Waals surface area contributed by atoms with Crippen molar-refractivity contribution in [2.75, 3.05) is 6.54 Å². The van der Waals surface area contributed by atoms with Crippen molar-refractivity contribution in [3.05, 3.63) is 51.8 Å². The van der Waals surface area contributed by atoms with Crippen LogP contribution in [-0.2, 0) is 7.05 Å². The topological polar surface area (TPSA) is 38.1 Å². The highest BCUT2D eigenvalue weighted by molar-refractivity contribution is 9.10. The zero-order valence-corrected chi connectivity index (χ0v) is 13.8. The molecule has 0 spiro atoms. The highest BCUT2D eigenvalue weighted by Crippen LogP contribution is 2.34. The molecule has 5 heteroatoms. The summed E-state index contributed by atoms with van der Waals surface area (Å²) < 4.78 is 2.39. The number of aryl methyl sites for hydroxylation is 2. The average Bonchev–Trinajstić information content (AvgIpc) is 3.05. The van der Waals surface area contributed by atoms with Crippen molar-refractivity contribution in [1.29, 1.82) is 0 Å². The molecule has 0 bridgehead atoms. The van der Waals surface area contributed by atoms with Crippen molar-refractivity contribution in [3.8, 4) is 0 Å². The molecule has 3 rings (SSSR count). The number of carbonyl (C=O) groups excluding carboxylic acids is 1. The molecule has 2 aromatic rings. The molecule has 0 aliphatic carbocycles. The summed E-state index contributed by atoms with van der Waals surface area (Å²) >= 11 is 3.42. The van der Waals surface area contributed by atoms with Gasteiger partial charge in [-0.1, -0.05) is 29.8 Å². The predicted octanol–water partition coefficient (Wildman–Crippen LogP) is 3.47. The molecular formula is C16H18BrN3O. The Morgan fingerprint density at radius 1 is 1.43 bits per heavy atom. The van der Waals surface area contributed by atoms with E-state index in [9.17, 15) is 4.79 Å². The number of nitrogens with zero attached hydrogens (tertiary/aromatic N) is 3. The summed E-state index contributed by atoms with van der Waals surface area (Å²) in [6.07, 6.45) is 3.73. The van der Waals surface area contributed by atoms with Crippen LogP contribution < -0.4 is 0 Å². The van der Waals surface area contributed by atoms with Crippen molar-refractivity contribution < 1.29 is 4.79 Å². The summed E-state index contributed by atoms with van der Waals surface area (Å²) in [6.45, 7) is 2.89. The molecule has 4 nitrogen and oxygen atoms in total. The van der Waals surface area contributed by atoms with Crippen LogP contribution in [0.25, 0.3) is 0 Å². The maximum absolute atomic E-state index is 12.9. The van der Waals surface area contributed by atoms with Crippen molar-refractivity contribution >= 4 is 21.8 Å². The summed E-state index contributed by atoms with van der Waals surface area (Å²) in [7, 11) is 1.80. The third-order valence-corrected chi connectivity index (χ3v) is 4.62. The Morgan fingerprint density at radius 2 is 2.24 bits per heavy atom. The largest absolute Gasteiger partial charge is 0.330 e. The lowest BCUT2D eigenvalue weighted by molar-refractivity contribution is 0.0723. The molecule has 1 amide bonds. The average molecular weight is 348 g/mol. The lowest BCUT2D eigenvalue weighted by atomic mass is 10.0. The van der Waals surface area contributed by atoms with Crippen molar-refractivity contribution in [2.45, 2.75) is 25.8 Å². The first-order chi connectivity index (χ1) is 10.1. The van der Waals surface area contributed by atoms with E-state index < -0.39 is 0 Å². The third-order valence-electron chi connectivity index (χ3n) is 4.04. The second kappa shape index (κ2) is 5.64. The second-order valence-corrected chi connectivity index (χ2v) is 6.39. The standard InChI is InChI=1S/C16H18BrN3O/c1-11-5-3-6-12(9-11)14-7-4-8-20(14)16(21)15-13(17)10-18-19(15)2/h3,5-6,9-10,14H,4,7-8H2,1-2H3/t14-/m1/s1. The van der Waals surface area contributed by atoms with Crippen LogP contribution in [0.4, 0.5) is 0 Å². The maximum Gasteiger partial charge on any atom is 0.273 e. The first kappa shape index (κ1) is 14.3. The number of rotatable bonds is 2. The van der Waals surface area contributed by atoms with Gasteiger partial charge in [-0.2, -0.15) is 5.10 Å². The number of hydrogen-bond donors (Lipinski definition) is 0. The smallest absolute Gasteiger partial charge is 0.273 e. The van der Waals surface area contributed by atoms with Crippen LogP contribution in [0, 0.1) is 6.92 Å². The first-order valence-corrected chi connectivity index (χ1v) is 7.92. The predicted molar refractivity (Wildman–Crippen MR) is 85.1 cm³/mol. The zero-order valence-electron chi connectivity index (χ0n) is 12.2. The molecular weight excluding hydrogens is 330 g/mol. The van der Waals surface area contributed by atoms with E-state index in [2.05, 4.69) is 52.2 Å². The number of benzene rings is 1. The first-order valence-electron chi connectivity index (χ1n) is 7.13. The van der Waals surface area contributed by atoms with E-state index in [0.717, 1.165) is 23.9 Å². The number of likely N-dealkylation sites (tertiary alicyclic amines) is 1. The summed E-state index contributed by atoms with van der Waals surface area (Å²) in [6, 6.07) is 8.60. The number of halogens is 1. The minimum absolute atomic E-state index is 0.0471. The van der Waals surface area contributed by atoms with E-state index in [1.807, 2.05) is 4.90 Å². The molecule has 1 aromatic carbocycles. The van der Waals surface area contributed by atoms with Gasteiger partial charge in [0.15, 0.2) is 0 Å². The monoisotopic (exact) mass is 347 g/mol. The molecule has 0 radical (unpaired) electrons. The van der Waals surface area contributed by atoms with Crippen molar-refractivity contribution in [3.63, 3.8) is 0 Å². The fraction of sp³-hybridized carbons (Fsp3) is 0.375. The van der Waals surface area contributed by atoms with E-state index in [1.54, 1.807) is 17.9 Å². The molecule has 1 saturated heterocycles. The van der Waals surface area contributed by atoms with Crippen LogP contribution in [-0.4, -0.2) is 27.1 Å².